The summed E-state index contributed by atoms with van der Waals surface area (Å²) >= 11 is 0. The summed E-state index contributed by atoms with van der Waals surface area (Å²) in [7, 11) is 1.48. The van der Waals surface area contributed by atoms with Crippen LogP contribution in [0.25, 0.3) is 11.1 Å². The highest BCUT2D eigenvalue weighted by molar-refractivity contribution is 5.77. The predicted octanol–water partition coefficient (Wildman–Crippen LogP) is 4.74. The molecule has 1 aromatic heterocycles. The van der Waals surface area contributed by atoms with Gasteiger partial charge in [-0.2, -0.15) is 0 Å². The largest absolute Gasteiger partial charge is 0.486 e. The molecule has 2 aliphatic rings. The lowest BCUT2D eigenvalue weighted by atomic mass is 9.72. The molecule has 1 saturated carbocycles. The molecule has 1 amide bonds. The summed E-state index contributed by atoms with van der Waals surface area (Å²) in [5.74, 6) is 0.667. The van der Waals surface area contributed by atoms with Gasteiger partial charge in [-0.15, -0.1) is 6.58 Å². The van der Waals surface area contributed by atoms with E-state index in [0.717, 1.165) is 54.5 Å². The molecule has 3 atom stereocenters. The van der Waals surface area contributed by atoms with Crippen LogP contribution in [-0.4, -0.2) is 54.0 Å². The number of methoxy groups -OCH3 is 1. The van der Waals surface area contributed by atoms with E-state index in [1.807, 2.05) is 12.3 Å². The first-order valence-electron chi connectivity index (χ1n) is 13.7. The number of benzene rings is 1. The van der Waals surface area contributed by atoms with Crippen molar-refractivity contribution >= 4 is 5.91 Å². The number of rotatable bonds is 11. The zero-order valence-corrected chi connectivity index (χ0v) is 23.3. The second-order valence-corrected chi connectivity index (χ2v) is 12.0. The van der Waals surface area contributed by atoms with E-state index < -0.39 is 12.1 Å². The van der Waals surface area contributed by atoms with E-state index in [4.69, 9.17) is 9.47 Å². The zero-order valence-electron chi connectivity index (χ0n) is 23.3. The minimum atomic E-state index is -0.784. The van der Waals surface area contributed by atoms with E-state index in [1.165, 1.54) is 12.7 Å². The average Bonchev–Trinajstić information content (AvgIpc) is 2.85. The van der Waals surface area contributed by atoms with Crippen LogP contribution in [0.4, 0.5) is 0 Å². The summed E-state index contributed by atoms with van der Waals surface area (Å²) in [6.45, 7) is 10.8. The maximum Gasteiger partial charge on any atom is 0.246 e. The van der Waals surface area contributed by atoms with Gasteiger partial charge in [0.25, 0.3) is 0 Å². The molecule has 206 valence electrons. The third-order valence-electron chi connectivity index (χ3n) is 7.50. The molecule has 0 bridgehead atoms. The third-order valence-corrected chi connectivity index (χ3v) is 7.50. The summed E-state index contributed by atoms with van der Waals surface area (Å²) < 4.78 is 11.8. The van der Waals surface area contributed by atoms with Gasteiger partial charge < -0.3 is 25.2 Å². The second-order valence-electron chi connectivity index (χ2n) is 12.0. The molecule has 7 heteroatoms. The Balaban J connectivity index is 1.65. The van der Waals surface area contributed by atoms with Gasteiger partial charge in [0, 0.05) is 55.2 Å². The summed E-state index contributed by atoms with van der Waals surface area (Å²) in [5.41, 5.74) is 4.44. The summed E-state index contributed by atoms with van der Waals surface area (Å²) in [6, 6.07) is 8.15. The number of nitrogens with one attached hydrogen (secondary N) is 2. The Morgan fingerprint density at radius 3 is 2.76 bits per heavy atom. The van der Waals surface area contributed by atoms with E-state index in [0.29, 0.717) is 13.0 Å². The minimum absolute atomic E-state index is 0.0168. The van der Waals surface area contributed by atoms with Crippen LogP contribution < -0.4 is 15.4 Å². The third kappa shape index (κ3) is 6.82. The second kappa shape index (κ2) is 12.0. The van der Waals surface area contributed by atoms with Gasteiger partial charge in [-0.3, -0.25) is 9.78 Å². The zero-order chi connectivity index (χ0) is 27.3. The van der Waals surface area contributed by atoms with E-state index in [2.05, 4.69) is 61.2 Å². The first-order valence-corrected chi connectivity index (χ1v) is 13.7. The number of amides is 1. The Morgan fingerprint density at radius 2 is 2.16 bits per heavy atom. The molecular weight excluding hydrogens is 478 g/mol. The normalized spacial score (nSPS) is 19.6. The van der Waals surface area contributed by atoms with E-state index >= 15 is 0 Å². The van der Waals surface area contributed by atoms with Gasteiger partial charge in [0.05, 0.1) is 12.1 Å². The van der Waals surface area contributed by atoms with Crippen LogP contribution in [0.3, 0.4) is 0 Å². The molecule has 38 heavy (non-hydrogen) atoms. The fraction of sp³-hybridized carbons (Fsp3) is 0.548. The van der Waals surface area contributed by atoms with Crippen LogP contribution in [0.1, 0.15) is 70.0 Å². The summed E-state index contributed by atoms with van der Waals surface area (Å²) in [4.78, 5) is 16.5. The Hall–Kier alpha value is -2.74. The number of fused-ring (bicyclic) bond motifs is 1. The van der Waals surface area contributed by atoms with Crippen LogP contribution in [0.2, 0.25) is 0 Å². The van der Waals surface area contributed by atoms with Crippen molar-refractivity contribution in [3.63, 3.8) is 0 Å². The lowest BCUT2D eigenvalue weighted by Gasteiger charge is -2.49. The summed E-state index contributed by atoms with van der Waals surface area (Å²) in [6.07, 6.45) is 10.1. The molecule has 1 aromatic carbocycles. The van der Waals surface area contributed by atoms with Gasteiger partial charge in [0.1, 0.15) is 18.0 Å². The monoisotopic (exact) mass is 521 g/mol. The minimum Gasteiger partial charge on any atom is -0.486 e. The van der Waals surface area contributed by atoms with Crippen molar-refractivity contribution in [2.75, 3.05) is 20.3 Å². The van der Waals surface area contributed by atoms with Gasteiger partial charge in [-0.1, -0.05) is 39.0 Å². The molecule has 0 saturated heterocycles. The molecule has 1 fully saturated rings. The Kier molecular flexibility index (Phi) is 8.91. The lowest BCUT2D eigenvalue weighted by molar-refractivity contribution is -0.126. The maximum atomic E-state index is 12.1. The van der Waals surface area contributed by atoms with Gasteiger partial charge in [0.15, 0.2) is 0 Å². The maximum absolute atomic E-state index is 12.1. The molecule has 0 unspecified atom stereocenters. The van der Waals surface area contributed by atoms with Crippen LogP contribution in [0.15, 0.2) is 49.3 Å². The first kappa shape index (κ1) is 28.3. The molecule has 0 radical (unpaired) electrons. The number of carbonyl (C=O) groups is 1. The number of aliphatic hydroxyl groups excluding tert-OH is 1. The number of hydrogen-bond acceptors (Lipinski definition) is 6. The molecule has 1 aliphatic heterocycles. The standard InChI is InChI=1S/C31H43N3O4/c1-6-9-25(34-28(36)20-37-5)27(35)19-33-26-17-31(11-8-12-31)38-29-23(22-10-7-13-32-18-22)14-21(15-24(26)29)16-30(2,3)4/h6-7,10,13-15,18,25-27,33,35H,1,8-9,11-12,16-17,19-20H2,2-5H3,(H,34,36)/t25-,26-,27+/m0/s1. The van der Waals surface area contributed by atoms with Crippen molar-refractivity contribution in [2.45, 2.75) is 83.1 Å². The predicted molar refractivity (Wildman–Crippen MR) is 150 cm³/mol. The Labute approximate surface area is 227 Å². The van der Waals surface area contributed by atoms with Crippen molar-refractivity contribution in [3.05, 3.63) is 60.4 Å². The van der Waals surface area contributed by atoms with Gasteiger partial charge in [0.2, 0.25) is 5.91 Å². The molecule has 7 nitrogen and oxygen atoms in total. The topological polar surface area (TPSA) is 92.7 Å². The Morgan fingerprint density at radius 1 is 1.37 bits per heavy atom. The van der Waals surface area contributed by atoms with Gasteiger partial charge in [-0.25, -0.2) is 0 Å². The SMILES string of the molecule is C=CC[C@H](NC(=O)COC)[C@H](O)CN[C@H]1CC2(CCC2)Oc2c(-c3cccnc3)cc(CC(C)(C)C)cc21. The molecule has 3 N–H and O–H groups in total. The van der Waals surface area contributed by atoms with Crippen LogP contribution in [0, 0.1) is 5.41 Å². The molecule has 4 rings (SSSR count). The fourth-order valence-corrected chi connectivity index (χ4v) is 5.61. The van der Waals surface area contributed by atoms with Crippen molar-refractivity contribution in [3.8, 4) is 16.9 Å². The quantitative estimate of drug-likeness (QED) is 0.370. The van der Waals surface area contributed by atoms with Crippen LogP contribution in [-0.2, 0) is 16.0 Å². The first-order chi connectivity index (χ1) is 18.1. The van der Waals surface area contributed by atoms with Gasteiger partial charge >= 0.3 is 0 Å². The van der Waals surface area contributed by atoms with E-state index in [9.17, 15) is 9.90 Å². The van der Waals surface area contributed by atoms with E-state index in [1.54, 1.807) is 12.3 Å². The highest BCUT2D eigenvalue weighted by atomic mass is 16.5. The number of pyridine rings is 1. The molecule has 1 spiro atoms. The van der Waals surface area contributed by atoms with Crippen LogP contribution in [0.5, 0.6) is 5.75 Å². The van der Waals surface area contributed by atoms with Crippen molar-refractivity contribution in [2.24, 2.45) is 5.41 Å². The fourth-order valence-electron chi connectivity index (χ4n) is 5.61. The number of hydrogen-bond donors (Lipinski definition) is 3. The highest BCUT2D eigenvalue weighted by Gasteiger charge is 2.46. The molecule has 2 aromatic rings. The van der Waals surface area contributed by atoms with Crippen molar-refractivity contribution in [1.29, 1.82) is 0 Å². The molecular formula is C31H43N3O4. The number of aliphatic hydroxyl groups is 1. The lowest BCUT2D eigenvalue weighted by Crippen LogP contribution is -2.52. The van der Waals surface area contributed by atoms with E-state index in [-0.39, 0.29) is 29.6 Å². The molecule has 2 heterocycles. The number of nitrogens with zero attached hydrogens (tertiary/aromatic N) is 1. The summed E-state index contributed by atoms with van der Waals surface area (Å²) in [5, 5.41) is 17.6. The average molecular weight is 522 g/mol. The number of ether oxygens (including phenoxy) is 2. The Bertz CT molecular complexity index is 1110. The van der Waals surface area contributed by atoms with Crippen molar-refractivity contribution in [1.82, 2.24) is 15.6 Å². The number of aromatic nitrogens is 1. The molecule has 1 aliphatic carbocycles. The van der Waals surface area contributed by atoms with Gasteiger partial charge in [-0.05, 0) is 55.2 Å². The number of carbonyl (C=O) groups excluding carboxylic acids is 1. The van der Waals surface area contributed by atoms with Crippen molar-refractivity contribution < 1.29 is 19.4 Å². The smallest absolute Gasteiger partial charge is 0.246 e. The van der Waals surface area contributed by atoms with Crippen LogP contribution >= 0.6 is 0 Å². The highest BCUT2D eigenvalue weighted by Crippen LogP contribution is 2.52.